The minimum Gasteiger partial charge on any atom is -0.342 e. The van der Waals surface area contributed by atoms with Gasteiger partial charge in [0.1, 0.15) is 23.7 Å². The lowest BCUT2D eigenvalue weighted by Gasteiger charge is -2.46. The summed E-state index contributed by atoms with van der Waals surface area (Å²) < 4.78 is 27.1. The van der Waals surface area contributed by atoms with Gasteiger partial charge >= 0.3 is 0 Å². The summed E-state index contributed by atoms with van der Waals surface area (Å²) in [5, 5.41) is 2.68. The highest BCUT2D eigenvalue weighted by Gasteiger charge is 2.45. The van der Waals surface area contributed by atoms with Crippen molar-refractivity contribution in [1.82, 2.24) is 15.1 Å². The molecule has 1 aromatic rings. The first-order valence-corrected chi connectivity index (χ1v) is 8.14. The van der Waals surface area contributed by atoms with Crippen LogP contribution in [0.4, 0.5) is 8.78 Å². The molecule has 1 aromatic carbocycles. The van der Waals surface area contributed by atoms with Crippen molar-refractivity contribution in [2.24, 2.45) is 5.92 Å². The van der Waals surface area contributed by atoms with Gasteiger partial charge in [-0.15, -0.1) is 0 Å². The van der Waals surface area contributed by atoms with Crippen molar-refractivity contribution in [2.75, 3.05) is 19.6 Å². The van der Waals surface area contributed by atoms with Crippen molar-refractivity contribution in [3.05, 3.63) is 35.4 Å². The smallest absolute Gasteiger partial charge is 0.257 e. The molecule has 0 radical (unpaired) electrons. The molecule has 2 aliphatic rings. The Labute approximate surface area is 143 Å². The van der Waals surface area contributed by atoms with Gasteiger partial charge in [0.25, 0.3) is 5.91 Å². The quantitative estimate of drug-likeness (QED) is 0.856. The molecule has 6 nitrogen and oxygen atoms in total. The maximum absolute atomic E-state index is 13.8. The third kappa shape index (κ3) is 3.08. The Hall–Kier alpha value is -2.51. The van der Waals surface area contributed by atoms with Crippen LogP contribution >= 0.6 is 0 Å². The van der Waals surface area contributed by atoms with Crippen LogP contribution in [-0.2, 0) is 9.59 Å². The van der Waals surface area contributed by atoms with Crippen LogP contribution in [0.1, 0.15) is 24.2 Å². The Kier molecular flexibility index (Phi) is 4.45. The SMILES string of the molecule is CC(C)[C@@H]1NC(=O)[C@H]2CN(C(=O)c3cc(F)ccc3F)CCN2C1=O. The Morgan fingerprint density at radius 2 is 1.96 bits per heavy atom. The molecule has 2 atom stereocenters. The fourth-order valence-electron chi connectivity index (χ4n) is 3.23. The van der Waals surface area contributed by atoms with Gasteiger partial charge in [-0.25, -0.2) is 8.78 Å². The summed E-state index contributed by atoms with van der Waals surface area (Å²) in [6.07, 6.45) is 0. The van der Waals surface area contributed by atoms with Crippen LogP contribution in [0.3, 0.4) is 0 Å². The molecule has 0 aliphatic carbocycles. The van der Waals surface area contributed by atoms with Gasteiger partial charge in [-0.1, -0.05) is 13.8 Å². The summed E-state index contributed by atoms with van der Waals surface area (Å²) >= 11 is 0. The van der Waals surface area contributed by atoms with E-state index in [0.29, 0.717) is 0 Å². The van der Waals surface area contributed by atoms with Gasteiger partial charge in [0.05, 0.1) is 12.1 Å². The number of halogens is 2. The highest BCUT2D eigenvalue weighted by molar-refractivity contribution is 5.99. The van der Waals surface area contributed by atoms with E-state index in [1.54, 1.807) is 0 Å². The van der Waals surface area contributed by atoms with Crippen LogP contribution in [0.2, 0.25) is 0 Å². The topological polar surface area (TPSA) is 69.7 Å². The van der Waals surface area contributed by atoms with E-state index in [9.17, 15) is 23.2 Å². The van der Waals surface area contributed by atoms with Gasteiger partial charge in [-0.05, 0) is 24.1 Å². The molecule has 134 valence electrons. The molecular weight excluding hydrogens is 332 g/mol. The number of piperazine rings is 2. The molecule has 3 amide bonds. The third-order valence-electron chi connectivity index (χ3n) is 4.64. The zero-order valence-electron chi connectivity index (χ0n) is 14.0. The number of hydrogen-bond donors (Lipinski definition) is 1. The highest BCUT2D eigenvalue weighted by atomic mass is 19.1. The van der Waals surface area contributed by atoms with Gasteiger partial charge in [0.2, 0.25) is 11.8 Å². The number of nitrogens with one attached hydrogen (secondary N) is 1. The molecule has 0 aromatic heterocycles. The average molecular weight is 351 g/mol. The van der Waals surface area contributed by atoms with E-state index in [1.165, 1.54) is 9.80 Å². The van der Waals surface area contributed by atoms with Crippen molar-refractivity contribution < 1.29 is 23.2 Å². The predicted molar refractivity (Wildman–Crippen MR) is 84.5 cm³/mol. The van der Waals surface area contributed by atoms with Crippen LogP contribution < -0.4 is 5.32 Å². The summed E-state index contributed by atoms with van der Waals surface area (Å²) in [6, 6.07) is 1.28. The van der Waals surface area contributed by atoms with E-state index in [2.05, 4.69) is 5.32 Å². The van der Waals surface area contributed by atoms with Crippen molar-refractivity contribution in [3.8, 4) is 0 Å². The standard InChI is InChI=1S/C17H19F2N3O3/c1-9(2)14-17(25)22-6-5-21(8-13(22)15(23)20-14)16(24)11-7-10(18)3-4-12(11)19/h3-4,7,9,13-14H,5-6,8H2,1-2H3,(H,20,23)/t13-,14+/m1/s1. The first kappa shape index (κ1) is 17.3. The Bertz CT molecular complexity index is 738. The first-order chi connectivity index (χ1) is 11.8. The molecule has 0 spiro atoms. The normalized spacial score (nSPS) is 23.6. The molecule has 0 unspecified atom stereocenters. The molecule has 2 aliphatic heterocycles. The molecule has 0 saturated carbocycles. The van der Waals surface area contributed by atoms with Crippen LogP contribution in [0, 0.1) is 17.6 Å². The molecule has 8 heteroatoms. The first-order valence-electron chi connectivity index (χ1n) is 8.14. The van der Waals surface area contributed by atoms with Crippen LogP contribution in [0.15, 0.2) is 18.2 Å². The number of fused-ring (bicyclic) bond motifs is 1. The number of carbonyl (C=O) groups is 3. The van der Waals surface area contributed by atoms with Gasteiger partial charge in [-0.2, -0.15) is 0 Å². The maximum atomic E-state index is 13.8. The number of nitrogens with zero attached hydrogens (tertiary/aromatic N) is 2. The summed E-state index contributed by atoms with van der Waals surface area (Å²) in [5.41, 5.74) is -0.379. The second-order valence-corrected chi connectivity index (χ2v) is 6.65. The lowest BCUT2D eigenvalue weighted by molar-refractivity contribution is -0.153. The van der Waals surface area contributed by atoms with Crippen molar-refractivity contribution in [3.63, 3.8) is 0 Å². The van der Waals surface area contributed by atoms with Gasteiger partial charge < -0.3 is 15.1 Å². The Morgan fingerprint density at radius 3 is 2.64 bits per heavy atom. The monoisotopic (exact) mass is 351 g/mol. The number of benzene rings is 1. The van der Waals surface area contributed by atoms with Crippen LogP contribution in [0.5, 0.6) is 0 Å². The van der Waals surface area contributed by atoms with Crippen molar-refractivity contribution in [2.45, 2.75) is 25.9 Å². The molecule has 2 fully saturated rings. The Balaban J connectivity index is 1.79. The molecule has 1 N–H and O–H groups in total. The number of amides is 3. The fourth-order valence-corrected chi connectivity index (χ4v) is 3.23. The fraction of sp³-hybridized carbons (Fsp3) is 0.471. The molecule has 0 bridgehead atoms. The van der Waals surface area contributed by atoms with Gasteiger partial charge in [0.15, 0.2) is 0 Å². The summed E-state index contributed by atoms with van der Waals surface area (Å²) in [4.78, 5) is 40.1. The van der Waals surface area contributed by atoms with E-state index in [0.717, 1.165) is 18.2 Å². The number of rotatable bonds is 2. The summed E-state index contributed by atoms with van der Waals surface area (Å²) in [6.45, 7) is 3.99. The minimum atomic E-state index is -0.821. The van der Waals surface area contributed by atoms with Crippen molar-refractivity contribution >= 4 is 17.7 Å². The molecule has 3 rings (SSSR count). The molecule has 2 heterocycles. The van der Waals surface area contributed by atoms with E-state index in [4.69, 9.17) is 0 Å². The second kappa shape index (κ2) is 6.42. The molecular formula is C17H19F2N3O3. The van der Waals surface area contributed by atoms with Gasteiger partial charge in [0, 0.05) is 13.1 Å². The van der Waals surface area contributed by atoms with Crippen LogP contribution in [-0.4, -0.2) is 59.2 Å². The van der Waals surface area contributed by atoms with Crippen molar-refractivity contribution in [1.29, 1.82) is 0 Å². The second-order valence-electron chi connectivity index (χ2n) is 6.65. The average Bonchev–Trinajstić information content (AvgIpc) is 2.59. The number of hydrogen-bond acceptors (Lipinski definition) is 3. The number of carbonyl (C=O) groups excluding carboxylic acids is 3. The molecule has 25 heavy (non-hydrogen) atoms. The van der Waals surface area contributed by atoms with E-state index >= 15 is 0 Å². The zero-order valence-corrected chi connectivity index (χ0v) is 14.0. The lowest BCUT2D eigenvalue weighted by atomic mass is 9.96. The van der Waals surface area contributed by atoms with E-state index < -0.39 is 29.6 Å². The van der Waals surface area contributed by atoms with E-state index in [-0.39, 0.29) is 42.9 Å². The van der Waals surface area contributed by atoms with Gasteiger partial charge in [-0.3, -0.25) is 14.4 Å². The van der Waals surface area contributed by atoms with E-state index in [1.807, 2.05) is 13.8 Å². The zero-order chi connectivity index (χ0) is 18.3. The van der Waals surface area contributed by atoms with Crippen LogP contribution in [0.25, 0.3) is 0 Å². The summed E-state index contributed by atoms with van der Waals surface area (Å²) in [7, 11) is 0. The third-order valence-corrected chi connectivity index (χ3v) is 4.64. The largest absolute Gasteiger partial charge is 0.342 e. The summed E-state index contributed by atoms with van der Waals surface area (Å²) in [5.74, 6) is -2.79. The lowest BCUT2D eigenvalue weighted by Crippen LogP contribution is -2.70. The minimum absolute atomic E-state index is 0.0431. The Morgan fingerprint density at radius 1 is 1.24 bits per heavy atom. The highest BCUT2D eigenvalue weighted by Crippen LogP contribution is 2.21. The molecule has 2 saturated heterocycles. The predicted octanol–water partition coefficient (Wildman–Crippen LogP) is 0.772. The maximum Gasteiger partial charge on any atom is 0.257 e.